The van der Waals surface area contributed by atoms with E-state index in [-0.39, 0.29) is 4.90 Å². The van der Waals surface area contributed by atoms with E-state index in [2.05, 4.69) is 4.18 Å². The second-order valence-corrected chi connectivity index (χ2v) is 6.00. The van der Waals surface area contributed by atoms with E-state index in [1.807, 2.05) is 30.3 Å². The summed E-state index contributed by atoms with van der Waals surface area (Å²) in [6.45, 7) is -0.676. The molecule has 0 aromatic heterocycles. The van der Waals surface area contributed by atoms with Crippen molar-refractivity contribution in [1.82, 2.24) is 0 Å². The average Bonchev–Trinajstić information content (AvgIpc) is 2.46. The van der Waals surface area contributed by atoms with Crippen LogP contribution in [0.25, 0.3) is 11.1 Å². The highest BCUT2D eigenvalue weighted by Crippen LogP contribution is 2.21. The fourth-order valence-corrected chi connectivity index (χ4v) is 2.62. The van der Waals surface area contributed by atoms with Gasteiger partial charge in [0.05, 0.1) is 4.90 Å². The molecule has 0 radical (unpaired) electrons. The summed E-state index contributed by atoms with van der Waals surface area (Å²) >= 11 is 5.05. The van der Waals surface area contributed by atoms with Crippen LogP contribution in [0.4, 0.5) is 0 Å². The second-order valence-electron chi connectivity index (χ2n) is 3.96. The molecule has 0 unspecified atom stereocenters. The molecule has 104 valence electrons. The van der Waals surface area contributed by atoms with Crippen molar-refractivity contribution < 1.29 is 17.4 Å². The Balaban J connectivity index is 2.22. The van der Waals surface area contributed by atoms with Gasteiger partial charge in [-0.1, -0.05) is 42.5 Å². The van der Waals surface area contributed by atoms with Crippen LogP contribution in [0.2, 0.25) is 0 Å². The minimum absolute atomic E-state index is 0.0184. The molecule has 0 aliphatic carbocycles. The van der Waals surface area contributed by atoms with Gasteiger partial charge in [-0.3, -0.25) is 8.98 Å². The molecule has 6 heteroatoms. The predicted octanol–water partition coefficient (Wildman–Crippen LogP) is 2.82. The van der Waals surface area contributed by atoms with Crippen molar-refractivity contribution in [3.63, 3.8) is 0 Å². The third-order valence-corrected chi connectivity index (χ3v) is 3.96. The number of rotatable bonds is 5. The van der Waals surface area contributed by atoms with Crippen molar-refractivity contribution in [2.45, 2.75) is 4.90 Å². The third kappa shape index (κ3) is 3.66. The average molecular weight is 311 g/mol. The van der Waals surface area contributed by atoms with E-state index in [4.69, 9.17) is 11.6 Å². The lowest BCUT2D eigenvalue weighted by Crippen LogP contribution is -2.10. The van der Waals surface area contributed by atoms with Gasteiger partial charge in [0.1, 0.15) is 6.61 Å². The Morgan fingerprint density at radius 2 is 1.50 bits per heavy atom. The predicted molar refractivity (Wildman–Crippen MR) is 75.9 cm³/mol. The topological polar surface area (TPSA) is 60.4 Å². The Morgan fingerprint density at radius 3 is 2.05 bits per heavy atom. The minimum Gasteiger partial charge on any atom is -0.279 e. The molecular weight excluding hydrogens is 300 g/mol. The SMILES string of the molecule is O=C(Cl)COS(=O)(=O)c1ccc(-c2ccccc2)cc1. The van der Waals surface area contributed by atoms with Gasteiger partial charge in [0, 0.05) is 0 Å². The Bertz CT molecular complexity index is 694. The van der Waals surface area contributed by atoms with Crippen LogP contribution in [0.5, 0.6) is 0 Å². The van der Waals surface area contributed by atoms with Gasteiger partial charge in [-0.05, 0) is 34.9 Å². The van der Waals surface area contributed by atoms with E-state index in [1.165, 1.54) is 12.1 Å². The van der Waals surface area contributed by atoms with Crippen LogP contribution in [-0.2, 0) is 19.1 Å². The third-order valence-electron chi connectivity index (χ3n) is 2.58. The Labute approximate surface area is 122 Å². The summed E-state index contributed by atoms with van der Waals surface area (Å²) in [5.41, 5.74) is 1.87. The first-order valence-corrected chi connectivity index (χ1v) is 7.51. The summed E-state index contributed by atoms with van der Waals surface area (Å²) in [6, 6.07) is 15.7. The standard InChI is InChI=1S/C14H11ClO4S/c15-14(16)10-19-20(17,18)13-8-6-12(7-9-13)11-4-2-1-3-5-11/h1-9H,10H2. The van der Waals surface area contributed by atoms with Gasteiger partial charge < -0.3 is 0 Å². The van der Waals surface area contributed by atoms with E-state index in [0.717, 1.165) is 11.1 Å². The highest BCUT2D eigenvalue weighted by Gasteiger charge is 2.16. The summed E-state index contributed by atoms with van der Waals surface area (Å²) in [5, 5.41) is -0.866. The van der Waals surface area contributed by atoms with Crippen LogP contribution in [0.1, 0.15) is 0 Å². The molecule has 0 amide bonds. The molecule has 4 nitrogen and oxygen atoms in total. The number of halogens is 1. The molecule has 0 heterocycles. The van der Waals surface area contributed by atoms with Gasteiger partial charge in [-0.25, -0.2) is 0 Å². The molecule has 0 spiro atoms. The van der Waals surface area contributed by atoms with Gasteiger partial charge in [0.15, 0.2) is 0 Å². The van der Waals surface area contributed by atoms with E-state index in [1.54, 1.807) is 12.1 Å². The van der Waals surface area contributed by atoms with Crippen molar-refractivity contribution in [2.75, 3.05) is 6.61 Å². The summed E-state index contributed by atoms with van der Waals surface area (Å²) in [6.07, 6.45) is 0. The Hall–Kier alpha value is -1.69. The molecule has 2 aromatic rings. The minimum atomic E-state index is -3.96. The lowest BCUT2D eigenvalue weighted by molar-refractivity contribution is -0.113. The number of hydrogen-bond donors (Lipinski definition) is 0. The molecule has 0 fully saturated rings. The van der Waals surface area contributed by atoms with Gasteiger partial charge >= 0.3 is 0 Å². The van der Waals surface area contributed by atoms with Crippen LogP contribution < -0.4 is 0 Å². The second kappa shape index (κ2) is 6.17. The lowest BCUT2D eigenvalue weighted by Gasteiger charge is -2.05. The maximum Gasteiger partial charge on any atom is 0.297 e. The summed E-state index contributed by atoms with van der Waals surface area (Å²) in [4.78, 5) is 10.5. The quantitative estimate of drug-likeness (QED) is 0.629. The fraction of sp³-hybridized carbons (Fsp3) is 0.0714. The first-order chi connectivity index (χ1) is 9.49. The number of carbonyl (C=O) groups excluding carboxylic acids is 1. The van der Waals surface area contributed by atoms with Crippen molar-refractivity contribution in [3.05, 3.63) is 54.6 Å². The largest absolute Gasteiger partial charge is 0.297 e. The molecular formula is C14H11ClO4S. The van der Waals surface area contributed by atoms with Gasteiger partial charge in [0.2, 0.25) is 5.24 Å². The highest BCUT2D eigenvalue weighted by molar-refractivity contribution is 7.86. The Kier molecular flexibility index (Phi) is 4.54. The van der Waals surface area contributed by atoms with Gasteiger partial charge in [0.25, 0.3) is 10.1 Å². The van der Waals surface area contributed by atoms with E-state index < -0.39 is 22.0 Å². The first-order valence-electron chi connectivity index (χ1n) is 5.72. The van der Waals surface area contributed by atoms with Crippen molar-refractivity contribution >= 4 is 27.0 Å². The first kappa shape index (κ1) is 14.7. The van der Waals surface area contributed by atoms with Gasteiger partial charge in [-0.15, -0.1) is 0 Å². The molecule has 2 rings (SSSR count). The van der Waals surface area contributed by atoms with Crippen molar-refractivity contribution in [1.29, 1.82) is 0 Å². The van der Waals surface area contributed by atoms with Crippen LogP contribution in [0.15, 0.2) is 59.5 Å². The van der Waals surface area contributed by atoms with E-state index in [9.17, 15) is 13.2 Å². The monoisotopic (exact) mass is 310 g/mol. The number of carbonyl (C=O) groups is 1. The molecule has 2 aromatic carbocycles. The summed E-state index contributed by atoms with van der Waals surface area (Å²) < 4.78 is 28.0. The molecule has 0 N–H and O–H groups in total. The maximum atomic E-state index is 11.8. The molecule has 0 saturated heterocycles. The maximum absolute atomic E-state index is 11.8. The molecule has 0 aliphatic heterocycles. The van der Waals surface area contributed by atoms with Crippen LogP contribution in [0, 0.1) is 0 Å². The molecule has 0 bridgehead atoms. The fourth-order valence-electron chi connectivity index (χ4n) is 1.64. The van der Waals surface area contributed by atoms with Crippen molar-refractivity contribution in [2.24, 2.45) is 0 Å². The molecule has 0 atom stereocenters. The van der Waals surface area contributed by atoms with Crippen LogP contribution >= 0.6 is 11.6 Å². The molecule has 0 saturated carbocycles. The number of benzene rings is 2. The van der Waals surface area contributed by atoms with E-state index in [0.29, 0.717) is 0 Å². The van der Waals surface area contributed by atoms with Gasteiger partial charge in [-0.2, -0.15) is 8.42 Å². The summed E-state index contributed by atoms with van der Waals surface area (Å²) in [5.74, 6) is 0. The van der Waals surface area contributed by atoms with Crippen LogP contribution in [-0.4, -0.2) is 20.3 Å². The molecule has 20 heavy (non-hydrogen) atoms. The number of hydrogen-bond acceptors (Lipinski definition) is 4. The Morgan fingerprint density at radius 1 is 0.950 bits per heavy atom. The normalized spacial score (nSPS) is 11.2. The molecule has 0 aliphatic rings. The summed E-state index contributed by atoms with van der Waals surface area (Å²) in [7, 11) is -3.96. The van der Waals surface area contributed by atoms with Crippen molar-refractivity contribution in [3.8, 4) is 11.1 Å². The zero-order valence-corrected chi connectivity index (χ0v) is 11.9. The van der Waals surface area contributed by atoms with Crippen LogP contribution in [0.3, 0.4) is 0 Å². The lowest BCUT2D eigenvalue weighted by atomic mass is 10.1. The highest BCUT2D eigenvalue weighted by atomic mass is 35.5. The zero-order valence-electron chi connectivity index (χ0n) is 10.3. The van der Waals surface area contributed by atoms with E-state index >= 15 is 0 Å². The smallest absolute Gasteiger partial charge is 0.279 e. The zero-order chi connectivity index (χ0) is 14.6.